The number of unbranched alkanes of at least 4 members (excludes halogenated alkanes) is 1. The number of benzene rings is 3. The number of aryl methyl sites for hydroxylation is 1. The lowest BCUT2D eigenvalue weighted by atomic mass is 10.1. The number of fused-ring (bicyclic) bond motifs is 1. The summed E-state index contributed by atoms with van der Waals surface area (Å²) in [5, 5.41) is 0.823. The number of aromatic nitrogens is 2. The lowest BCUT2D eigenvalue weighted by molar-refractivity contribution is -0.137. The van der Waals surface area contributed by atoms with E-state index < -0.39 is 0 Å². The van der Waals surface area contributed by atoms with Crippen molar-refractivity contribution < 1.29 is 14.3 Å². The van der Waals surface area contributed by atoms with E-state index >= 15 is 0 Å². The Morgan fingerprint density at radius 2 is 1.62 bits per heavy atom. The van der Waals surface area contributed by atoms with Gasteiger partial charge in [-0.1, -0.05) is 60.7 Å². The maximum Gasteiger partial charge on any atom is 0.330 e. The number of hydrogen-bond acceptors (Lipinski definition) is 5. The molecule has 0 atom stereocenters. The van der Waals surface area contributed by atoms with Gasteiger partial charge in [-0.05, 0) is 49.1 Å². The van der Waals surface area contributed by atoms with Gasteiger partial charge >= 0.3 is 5.97 Å². The maximum absolute atomic E-state index is 12.1. The van der Waals surface area contributed by atoms with E-state index in [2.05, 4.69) is 22.1 Å². The molecule has 3 aromatic carbocycles. The van der Waals surface area contributed by atoms with Crippen molar-refractivity contribution in [3.63, 3.8) is 0 Å². The molecule has 5 heteroatoms. The maximum atomic E-state index is 12.1. The van der Waals surface area contributed by atoms with E-state index in [1.807, 2.05) is 66.7 Å². The SMILES string of the molecule is O=C(/C=C\c1ccccc1Oc1ncnc2ccccc12)OCCCCc1ccccc1. The molecule has 4 aromatic rings. The van der Waals surface area contributed by atoms with Crippen LogP contribution in [0.2, 0.25) is 0 Å². The van der Waals surface area contributed by atoms with E-state index in [0.717, 1.165) is 35.7 Å². The molecule has 0 fully saturated rings. The normalized spacial score (nSPS) is 11.0. The number of esters is 1. The Labute approximate surface area is 187 Å². The number of nitrogens with zero attached hydrogens (tertiary/aromatic N) is 2. The average molecular weight is 425 g/mol. The second-order valence-corrected chi connectivity index (χ2v) is 7.28. The van der Waals surface area contributed by atoms with Crippen molar-refractivity contribution >= 4 is 22.9 Å². The Morgan fingerprint density at radius 1 is 0.844 bits per heavy atom. The lowest BCUT2D eigenvalue weighted by Crippen LogP contribution is -2.02. The quantitative estimate of drug-likeness (QED) is 0.187. The van der Waals surface area contributed by atoms with Crippen molar-refractivity contribution in [1.82, 2.24) is 9.97 Å². The first kappa shape index (κ1) is 21.2. The van der Waals surface area contributed by atoms with Crippen molar-refractivity contribution in [3.8, 4) is 11.6 Å². The lowest BCUT2D eigenvalue weighted by Gasteiger charge is -2.09. The van der Waals surface area contributed by atoms with Gasteiger partial charge in [0.25, 0.3) is 0 Å². The molecule has 0 unspecified atom stereocenters. The first-order chi connectivity index (χ1) is 15.8. The Bertz CT molecular complexity index is 1200. The van der Waals surface area contributed by atoms with Gasteiger partial charge in [0.15, 0.2) is 0 Å². The summed E-state index contributed by atoms with van der Waals surface area (Å²) < 4.78 is 11.4. The predicted molar refractivity (Wildman–Crippen MR) is 125 cm³/mol. The van der Waals surface area contributed by atoms with Crippen molar-refractivity contribution in [2.75, 3.05) is 6.61 Å². The molecule has 0 N–H and O–H groups in total. The van der Waals surface area contributed by atoms with E-state index in [-0.39, 0.29) is 5.97 Å². The molecular weight excluding hydrogens is 400 g/mol. The molecule has 1 heterocycles. The zero-order valence-corrected chi connectivity index (χ0v) is 17.7. The van der Waals surface area contributed by atoms with Gasteiger partial charge in [-0.3, -0.25) is 0 Å². The summed E-state index contributed by atoms with van der Waals surface area (Å²) in [5.41, 5.74) is 2.87. The van der Waals surface area contributed by atoms with E-state index in [1.54, 1.807) is 6.08 Å². The molecule has 0 saturated heterocycles. The molecule has 0 bridgehead atoms. The highest BCUT2D eigenvalue weighted by atomic mass is 16.5. The Morgan fingerprint density at radius 3 is 2.53 bits per heavy atom. The van der Waals surface area contributed by atoms with Gasteiger partial charge in [0, 0.05) is 11.6 Å². The standard InChI is InChI=1S/C27H24N2O3/c30-26(31-19-9-8-12-21-10-2-1-3-11-21)18-17-22-13-4-7-16-25(22)32-27-23-14-5-6-15-24(23)28-20-29-27/h1-7,10-11,13-18,20H,8-9,12,19H2/b18-17-. The van der Waals surface area contributed by atoms with E-state index in [4.69, 9.17) is 9.47 Å². The monoisotopic (exact) mass is 424 g/mol. The zero-order chi connectivity index (χ0) is 22.0. The molecule has 4 rings (SSSR count). The first-order valence-electron chi connectivity index (χ1n) is 10.6. The number of para-hydroxylation sites is 2. The molecule has 5 nitrogen and oxygen atoms in total. The Kier molecular flexibility index (Phi) is 7.21. The number of hydrogen-bond donors (Lipinski definition) is 0. The number of carbonyl (C=O) groups is 1. The van der Waals surface area contributed by atoms with Crippen LogP contribution >= 0.6 is 0 Å². The highest BCUT2D eigenvalue weighted by molar-refractivity contribution is 5.88. The number of carbonyl (C=O) groups excluding carboxylic acids is 1. The van der Waals surface area contributed by atoms with Gasteiger partial charge in [0.1, 0.15) is 12.1 Å². The number of ether oxygens (including phenoxy) is 2. The third-order valence-corrected chi connectivity index (χ3v) is 4.98. The molecule has 0 saturated carbocycles. The number of rotatable bonds is 9. The van der Waals surface area contributed by atoms with Crippen LogP contribution in [0.1, 0.15) is 24.0 Å². The Hall–Kier alpha value is -3.99. The van der Waals surface area contributed by atoms with Gasteiger partial charge in [-0.2, -0.15) is 0 Å². The minimum Gasteiger partial charge on any atom is -0.463 e. The van der Waals surface area contributed by atoms with Crippen LogP contribution in [0.5, 0.6) is 11.6 Å². The molecule has 0 spiro atoms. The predicted octanol–water partition coefficient (Wildman–Crippen LogP) is 6.00. The molecule has 32 heavy (non-hydrogen) atoms. The van der Waals surface area contributed by atoms with Crippen molar-refractivity contribution in [1.29, 1.82) is 0 Å². The summed E-state index contributed by atoms with van der Waals surface area (Å²) in [6.07, 6.45) is 7.39. The van der Waals surface area contributed by atoms with E-state index in [9.17, 15) is 4.79 Å². The summed E-state index contributed by atoms with van der Waals surface area (Å²) >= 11 is 0. The summed E-state index contributed by atoms with van der Waals surface area (Å²) in [6.45, 7) is 0.404. The van der Waals surface area contributed by atoms with Crippen LogP contribution in [-0.2, 0) is 16.0 Å². The summed E-state index contributed by atoms with van der Waals surface area (Å²) in [7, 11) is 0. The fraction of sp³-hybridized carbons (Fsp3) is 0.148. The highest BCUT2D eigenvalue weighted by Gasteiger charge is 2.08. The van der Waals surface area contributed by atoms with Crippen LogP contribution < -0.4 is 4.74 Å². The smallest absolute Gasteiger partial charge is 0.330 e. The van der Waals surface area contributed by atoms with Crippen molar-refractivity contribution in [2.45, 2.75) is 19.3 Å². The molecule has 160 valence electrons. The highest BCUT2D eigenvalue weighted by Crippen LogP contribution is 2.29. The van der Waals surface area contributed by atoms with Crippen LogP contribution in [0.15, 0.2) is 91.3 Å². The van der Waals surface area contributed by atoms with Crippen LogP contribution in [0, 0.1) is 0 Å². The Balaban J connectivity index is 1.33. The van der Waals surface area contributed by atoms with Gasteiger partial charge in [-0.15, -0.1) is 0 Å². The minimum atomic E-state index is -0.369. The fourth-order valence-electron chi connectivity index (χ4n) is 3.33. The summed E-state index contributed by atoms with van der Waals surface area (Å²) in [6, 6.07) is 25.4. The second-order valence-electron chi connectivity index (χ2n) is 7.28. The third-order valence-electron chi connectivity index (χ3n) is 4.98. The second kappa shape index (κ2) is 10.9. The van der Waals surface area contributed by atoms with Crippen molar-refractivity contribution in [2.24, 2.45) is 0 Å². The minimum absolute atomic E-state index is 0.369. The molecule has 0 amide bonds. The van der Waals surface area contributed by atoms with Gasteiger partial charge < -0.3 is 9.47 Å². The first-order valence-corrected chi connectivity index (χ1v) is 10.6. The largest absolute Gasteiger partial charge is 0.463 e. The van der Waals surface area contributed by atoms with Gasteiger partial charge in [0.05, 0.1) is 17.5 Å². The molecule has 1 aromatic heterocycles. The van der Waals surface area contributed by atoms with Crippen LogP contribution in [0.25, 0.3) is 17.0 Å². The van der Waals surface area contributed by atoms with Crippen molar-refractivity contribution in [3.05, 3.63) is 102 Å². The molecule has 0 aliphatic carbocycles. The van der Waals surface area contributed by atoms with Crippen LogP contribution in [0.4, 0.5) is 0 Å². The van der Waals surface area contributed by atoms with Gasteiger partial charge in [-0.25, -0.2) is 14.8 Å². The van der Waals surface area contributed by atoms with Gasteiger partial charge in [0.2, 0.25) is 5.88 Å². The molecule has 0 aliphatic heterocycles. The van der Waals surface area contributed by atoms with E-state index in [0.29, 0.717) is 18.2 Å². The summed E-state index contributed by atoms with van der Waals surface area (Å²) in [4.78, 5) is 20.7. The summed E-state index contributed by atoms with van der Waals surface area (Å²) in [5.74, 6) is 0.702. The van der Waals surface area contributed by atoms with Crippen LogP contribution in [0.3, 0.4) is 0 Å². The van der Waals surface area contributed by atoms with Crippen LogP contribution in [-0.4, -0.2) is 22.5 Å². The topological polar surface area (TPSA) is 61.3 Å². The zero-order valence-electron chi connectivity index (χ0n) is 17.7. The molecule has 0 radical (unpaired) electrons. The average Bonchev–Trinajstić information content (AvgIpc) is 2.84. The fourth-order valence-corrected chi connectivity index (χ4v) is 3.33. The third kappa shape index (κ3) is 5.79. The molecule has 0 aliphatic rings. The molecular formula is C27H24N2O3. The van der Waals surface area contributed by atoms with E-state index in [1.165, 1.54) is 18.0 Å².